The number of benzene rings is 1. The highest BCUT2D eigenvalue weighted by Gasteiger charge is 2.59. The first kappa shape index (κ1) is 17.2. The van der Waals surface area contributed by atoms with E-state index in [-0.39, 0.29) is 30.4 Å². The Kier molecular flexibility index (Phi) is 4.09. The maximum Gasteiger partial charge on any atom is 0.410 e. The van der Waals surface area contributed by atoms with Crippen LogP contribution in [0.3, 0.4) is 0 Å². The maximum absolute atomic E-state index is 13.5. The molecular formula is C19H25F2NO2. The standard InChI is InChI=1S/C19H25F2NO2/c1-17(2,3)24-16(23)22-10-9-18(12-19(20,21)13-18)11-15(22)14-7-5-4-6-8-14/h4-8,15H,9-13H2,1-3H3/t15-/m1/s1. The van der Waals surface area contributed by atoms with Gasteiger partial charge < -0.3 is 9.64 Å². The van der Waals surface area contributed by atoms with Gasteiger partial charge >= 0.3 is 6.09 Å². The van der Waals surface area contributed by atoms with Crippen LogP contribution in [0.1, 0.15) is 58.1 Å². The summed E-state index contributed by atoms with van der Waals surface area (Å²) in [4.78, 5) is 14.3. The van der Waals surface area contributed by atoms with Gasteiger partial charge in [0.05, 0.1) is 6.04 Å². The number of ether oxygens (including phenoxy) is 1. The van der Waals surface area contributed by atoms with E-state index in [4.69, 9.17) is 4.74 Å². The fraction of sp³-hybridized carbons (Fsp3) is 0.632. The zero-order chi connectivity index (χ0) is 17.6. The second-order valence-corrected chi connectivity index (χ2v) is 8.26. The van der Waals surface area contributed by atoms with Crippen LogP contribution in [-0.2, 0) is 4.74 Å². The van der Waals surface area contributed by atoms with E-state index in [9.17, 15) is 13.6 Å². The molecule has 1 saturated heterocycles. The SMILES string of the molecule is CC(C)(C)OC(=O)N1CCC2(C[C@@H]1c1ccccc1)CC(F)(F)C2. The molecule has 1 aliphatic heterocycles. The smallest absolute Gasteiger partial charge is 0.410 e. The number of hydrogen-bond acceptors (Lipinski definition) is 2. The first-order valence-corrected chi connectivity index (χ1v) is 8.52. The van der Waals surface area contributed by atoms with Crippen molar-refractivity contribution in [2.45, 2.75) is 64.0 Å². The highest BCUT2D eigenvalue weighted by Crippen LogP contribution is 2.60. The number of carbonyl (C=O) groups excluding carboxylic acids is 1. The molecule has 0 aromatic heterocycles. The molecule has 0 bridgehead atoms. The van der Waals surface area contributed by atoms with Crippen LogP contribution in [0, 0.1) is 5.41 Å². The lowest BCUT2D eigenvalue weighted by Crippen LogP contribution is -2.54. The molecule has 1 aliphatic carbocycles. The van der Waals surface area contributed by atoms with Crippen LogP contribution >= 0.6 is 0 Å². The van der Waals surface area contributed by atoms with E-state index in [1.54, 1.807) is 4.90 Å². The van der Waals surface area contributed by atoms with E-state index in [0.717, 1.165) is 5.56 Å². The third-order valence-electron chi connectivity index (χ3n) is 4.97. The Morgan fingerprint density at radius 3 is 2.38 bits per heavy atom. The van der Waals surface area contributed by atoms with Crippen molar-refractivity contribution in [3.8, 4) is 0 Å². The quantitative estimate of drug-likeness (QED) is 0.707. The molecule has 1 spiro atoms. The van der Waals surface area contributed by atoms with Crippen molar-refractivity contribution in [1.82, 2.24) is 4.90 Å². The van der Waals surface area contributed by atoms with Gasteiger partial charge in [-0.25, -0.2) is 13.6 Å². The predicted octanol–water partition coefficient (Wildman–Crippen LogP) is 5.17. The van der Waals surface area contributed by atoms with Crippen LogP contribution in [0.5, 0.6) is 0 Å². The van der Waals surface area contributed by atoms with E-state index in [2.05, 4.69) is 0 Å². The number of carbonyl (C=O) groups is 1. The van der Waals surface area contributed by atoms with Crippen LogP contribution in [-0.4, -0.2) is 29.1 Å². The summed E-state index contributed by atoms with van der Waals surface area (Å²) >= 11 is 0. The highest BCUT2D eigenvalue weighted by molar-refractivity contribution is 5.69. The fourth-order valence-electron chi connectivity index (χ4n) is 4.01. The van der Waals surface area contributed by atoms with Crippen molar-refractivity contribution in [3.63, 3.8) is 0 Å². The number of nitrogens with zero attached hydrogens (tertiary/aromatic N) is 1. The lowest BCUT2D eigenvalue weighted by molar-refractivity contribution is -0.183. The monoisotopic (exact) mass is 337 g/mol. The molecule has 0 unspecified atom stereocenters. The zero-order valence-corrected chi connectivity index (χ0v) is 14.5. The summed E-state index contributed by atoms with van der Waals surface area (Å²) in [5.41, 5.74) is 0.0667. The van der Waals surface area contributed by atoms with Crippen LogP contribution in [0.4, 0.5) is 13.6 Å². The number of amides is 1. The van der Waals surface area contributed by atoms with Gasteiger partial charge in [-0.15, -0.1) is 0 Å². The molecule has 1 aromatic rings. The van der Waals surface area contributed by atoms with Crippen LogP contribution in [0.15, 0.2) is 30.3 Å². The Morgan fingerprint density at radius 2 is 1.83 bits per heavy atom. The number of rotatable bonds is 1. The molecule has 1 heterocycles. The predicted molar refractivity (Wildman–Crippen MR) is 88.0 cm³/mol. The zero-order valence-electron chi connectivity index (χ0n) is 14.5. The van der Waals surface area contributed by atoms with Gasteiger partial charge in [0.25, 0.3) is 0 Å². The minimum Gasteiger partial charge on any atom is -0.444 e. The summed E-state index contributed by atoms with van der Waals surface area (Å²) in [6.45, 7) is 5.96. The molecule has 2 fully saturated rings. The van der Waals surface area contributed by atoms with Crippen molar-refractivity contribution in [3.05, 3.63) is 35.9 Å². The number of alkyl halides is 2. The minimum absolute atomic E-state index is 0.0640. The number of hydrogen-bond donors (Lipinski definition) is 0. The molecule has 5 heteroatoms. The molecule has 1 atom stereocenters. The van der Waals surface area contributed by atoms with Crippen LogP contribution < -0.4 is 0 Å². The third kappa shape index (κ3) is 3.55. The van der Waals surface area contributed by atoms with Gasteiger partial charge in [0.2, 0.25) is 5.92 Å². The largest absolute Gasteiger partial charge is 0.444 e. The minimum atomic E-state index is -2.55. The normalized spacial score (nSPS) is 25.2. The number of halogens is 2. The van der Waals surface area contributed by atoms with Gasteiger partial charge in [0.15, 0.2) is 0 Å². The second kappa shape index (κ2) is 5.71. The first-order chi connectivity index (χ1) is 11.1. The Bertz CT molecular complexity index is 602. The second-order valence-electron chi connectivity index (χ2n) is 8.26. The van der Waals surface area contributed by atoms with E-state index in [0.29, 0.717) is 19.4 Å². The maximum atomic E-state index is 13.5. The van der Waals surface area contributed by atoms with Crippen molar-refractivity contribution in [2.24, 2.45) is 5.41 Å². The van der Waals surface area contributed by atoms with Gasteiger partial charge in [-0.05, 0) is 44.6 Å². The molecule has 1 aromatic carbocycles. The van der Waals surface area contributed by atoms with E-state index in [1.807, 2.05) is 51.1 Å². The summed E-state index contributed by atoms with van der Waals surface area (Å²) in [6, 6.07) is 9.46. The van der Waals surface area contributed by atoms with Crippen molar-refractivity contribution < 1.29 is 18.3 Å². The van der Waals surface area contributed by atoms with Gasteiger partial charge in [-0.2, -0.15) is 0 Å². The van der Waals surface area contributed by atoms with Crippen molar-refractivity contribution >= 4 is 6.09 Å². The van der Waals surface area contributed by atoms with Gasteiger partial charge in [0, 0.05) is 19.4 Å². The molecule has 3 rings (SSSR count). The van der Waals surface area contributed by atoms with Gasteiger partial charge in [-0.1, -0.05) is 30.3 Å². The molecule has 24 heavy (non-hydrogen) atoms. The third-order valence-corrected chi connectivity index (χ3v) is 4.97. The average Bonchev–Trinajstić information content (AvgIpc) is 2.44. The molecule has 1 amide bonds. The molecule has 0 N–H and O–H groups in total. The molecule has 0 radical (unpaired) electrons. The number of piperidine rings is 1. The van der Waals surface area contributed by atoms with Gasteiger partial charge in [0.1, 0.15) is 5.60 Å². The van der Waals surface area contributed by atoms with Crippen molar-refractivity contribution in [2.75, 3.05) is 6.54 Å². The highest BCUT2D eigenvalue weighted by atomic mass is 19.3. The van der Waals surface area contributed by atoms with Crippen molar-refractivity contribution in [1.29, 1.82) is 0 Å². The van der Waals surface area contributed by atoms with Crippen LogP contribution in [0.25, 0.3) is 0 Å². The lowest BCUT2D eigenvalue weighted by Gasteiger charge is -2.54. The molecule has 3 nitrogen and oxygen atoms in total. The Labute approximate surface area is 142 Å². The Hall–Kier alpha value is -1.65. The molecule has 132 valence electrons. The topological polar surface area (TPSA) is 29.5 Å². The molecule has 1 saturated carbocycles. The first-order valence-electron chi connectivity index (χ1n) is 8.52. The van der Waals surface area contributed by atoms with E-state index < -0.39 is 11.5 Å². The summed E-state index contributed by atoms with van der Waals surface area (Å²) in [5, 5.41) is 0. The Balaban J connectivity index is 1.82. The van der Waals surface area contributed by atoms with Gasteiger partial charge in [-0.3, -0.25) is 0 Å². The number of likely N-dealkylation sites (tertiary alicyclic amines) is 1. The Morgan fingerprint density at radius 1 is 1.21 bits per heavy atom. The van der Waals surface area contributed by atoms with E-state index in [1.165, 1.54) is 0 Å². The summed E-state index contributed by atoms with van der Waals surface area (Å²) in [7, 11) is 0. The molecule has 2 aliphatic rings. The lowest BCUT2D eigenvalue weighted by atomic mass is 9.59. The van der Waals surface area contributed by atoms with Crippen LogP contribution in [0.2, 0.25) is 0 Å². The summed E-state index contributed by atoms with van der Waals surface area (Å²) < 4.78 is 32.5. The average molecular weight is 337 g/mol. The van der Waals surface area contributed by atoms with E-state index >= 15 is 0 Å². The summed E-state index contributed by atoms with van der Waals surface area (Å²) in [6.07, 6.45) is 0.700. The molecular weight excluding hydrogens is 312 g/mol. The summed E-state index contributed by atoms with van der Waals surface area (Å²) in [5.74, 6) is -2.55. The fourth-order valence-corrected chi connectivity index (χ4v) is 4.01.